The zero-order valence-corrected chi connectivity index (χ0v) is 16.8. The van der Waals surface area contributed by atoms with E-state index in [-0.39, 0.29) is 11.3 Å². The van der Waals surface area contributed by atoms with Crippen molar-refractivity contribution < 1.29 is 19.7 Å². The molecule has 0 aromatic heterocycles. The molecule has 0 fully saturated rings. The van der Waals surface area contributed by atoms with E-state index in [9.17, 15) is 15.0 Å². The summed E-state index contributed by atoms with van der Waals surface area (Å²) < 4.78 is 5.84. The minimum atomic E-state index is -1.01. The Labute approximate surface area is 171 Å². The van der Waals surface area contributed by atoms with Gasteiger partial charge in [0.25, 0.3) is 0 Å². The molecular weight excluding hydrogens is 364 g/mol. The van der Waals surface area contributed by atoms with Gasteiger partial charge in [-0.1, -0.05) is 68.0 Å². The van der Waals surface area contributed by atoms with Crippen LogP contribution >= 0.6 is 0 Å². The van der Waals surface area contributed by atoms with Crippen LogP contribution in [0.3, 0.4) is 0 Å². The van der Waals surface area contributed by atoms with Crippen LogP contribution in [0.2, 0.25) is 0 Å². The van der Waals surface area contributed by atoms with Crippen LogP contribution in [0.15, 0.2) is 60.7 Å². The summed E-state index contributed by atoms with van der Waals surface area (Å²) in [6, 6.07) is 17.3. The van der Waals surface area contributed by atoms with Gasteiger partial charge in [-0.25, -0.2) is 4.79 Å². The fourth-order valence-corrected chi connectivity index (χ4v) is 3.52. The second kappa shape index (κ2) is 9.28. The molecule has 0 aliphatic heterocycles. The number of carboxylic acid groups (broad SMARTS) is 1. The Morgan fingerprint density at radius 2 is 1.86 bits per heavy atom. The number of rotatable bonds is 8. The Kier molecular flexibility index (Phi) is 6.55. The molecule has 0 spiro atoms. The van der Waals surface area contributed by atoms with Crippen molar-refractivity contribution in [3.8, 4) is 11.5 Å². The highest BCUT2D eigenvalue weighted by atomic mass is 16.5. The lowest BCUT2D eigenvalue weighted by Gasteiger charge is -2.17. The molecule has 4 nitrogen and oxygen atoms in total. The van der Waals surface area contributed by atoms with Gasteiger partial charge >= 0.3 is 5.97 Å². The predicted octanol–water partition coefficient (Wildman–Crippen LogP) is 5.80. The fraction of sp³-hybridized carbons (Fsp3) is 0.240. The second-order valence-corrected chi connectivity index (χ2v) is 6.98. The molecule has 29 heavy (non-hydrogen) atoms. The number of ether oxygens (including phenoxy) is 1. The van der Waals surface area contributed by atoms with Crippen LogP contribution < -0.4 is 4.74 Å². The van der Waals surface area contributed by atoms with Crippen molar-refractivity contribution in [2.24, 2.45) is 0 Å². The minimum Gasteiger partial charge on any atom is -0.504 e. The first-order valence-corrected chi connectivity index (χ1v) is 9.91. The van der Waals surface area contributed by atoms with E-state index in [1.165, 1.54) is 0 Å². The third kappa shape index (κ3) is 4.43. The van der Waals surface area contributed by atoms with Gasteiger partial charge in [-0.3, -0.25) is 0 Å². The molecule has 0 atom stereocenters. The molecule has 0 radical (unpaired) electrons. The van der Waals surface area contributed by atoms with E-state index < -0.39 is 5.97 Å². The third-order valence-corrected chi connectivity index (χ3v) is 4.99. The van der Waals surface area contributed by atoms with Crippen LogP contribution in [0.5, 0.6) is 11.5 Å². The van der Waals surface area contributed by atoms with Crippen molar-refractivity contribution in [3.05, 3.63) is 77.4 Å². The number of aromatic hydroxyl groups is 1. The summed E-state index contributed by atoms with van der Waals surface area (Å²) in [6.07, 6.45) is 4.03. The first-order valence-electron chi connectivity index (χ1n) is 9.91. The number of carboxylic acids is 1. The average Bonchev–Trinajstić information content (AvgIpc) is 2.72. The number of carbonyl (C=O) groups is 1. The van der Waals surface area contributed by atoms with Gasteiger partial charge in [-0.05, 0) is 42.3 Å². The lowest BCUT2D eigenvalue weighted by Crippen LogP contribution is -2.04. The molecule has 3 aromatic rings. The highest BCUT2D eigenvalue weighted by molar-refractivity contribution is 6.20. The molecule has 0 amide bonds. The lowest BCUT2D eigenvalue weighted by molar-refractivity contribution is -0.130. The number of phenols is 1. The highest BCUT2D eigenvalue weighted by Crippen LogP contribution is 2.42. The predicted molar refractivity (Wildman–Crippen MR) is 117 cm³/mol. The van der Waals surface area contributed by atoms with Gasteiger partial charge in [-0.2, -0.15) is 0 Å². The molecule has 3 aromatic carbocycles. The van der Waals surface area contributed by atoms with Crippen molar-refractivity contribution in [2.45, 2.75) is 33.1 Å². The number of unbranched alkanes of at least 4 members (excludes halogenated alkanes) is 1. The van der Waals surface area contributed by atoms with E-state index in [2.05, 4.69) is 6.92 Å². The minimum absolute atomic E-state index is 0.0622. The number of phenolic OH excluding ortho intramolecular Hbond substituents is 1. The van der Waals surface area contributed by atoms with Crippen LogP contribution in [0.4, 0.5) is 0 Å². The highest BCUT2D eigenvalue weighted by Gasteiger charge is 2.20. The maximum absolute atomic E-state index is 11.8. The Balaban J connectivity index is 2.23. The van der Waals surface area contributed by atoms with E-state index in [1.807, 2.05) is 48.5 Å². The Morgan fingerprint density at radius 1 is 1.10 bits per heavy atom. The maximum Gasteiger partial charge on any atom is 0.335 e. The molecule has 3 rings (SSSR count). The van der Waals surface area contributed by atoms with Gasteiger partial charge in [-0.15, -0.1) is 0 Å². The van der Waals surface area contributed by atoms with Crippen molar-refractivity contribution >= 4 is 22.3 Å². The van der Waals surface area contributed by atoms with Crippen LogP contribution in [0.25, 0.3) is 16.3 Å². The summed E-state index contributed by atoms with van der Waals surface area (Å²) in [5.74, 6) is -0.623. The molecule has 0 aliphatic rings. The van der Waals surface area contributed by atoms with Crippen LogP contribution in [0, 0.1) is 0 Å². The SMILES string of the molecule is C/C=C(\C(=O)O)c1cc(OCCCC)c(O)c2c(Cc3ccccc3)cccc12. The molecule has 2 N–H and O–H groups in total. The second-order valence-electron chi connectivity index (χ2n) is 6.98. The van der Waals surface area contributed by atoms with Crippen molar-refractivity contribution in [3.63, 3.8) is 0 Å². The Morgan fingerprint density at radius 3 is 2.52 bits per heavy atom. The number of benzene rings is 3. The quantitative estimate of drug-likeness (QED) is 0.377. The molecule has 0 bridgehead atoms. The van der Waals surface area contributed by atoms with Crippen molar-refractivity contribution in [1.29, 1.82) is 0 Å². The summed E-state index contributed by atoms with van der Waals surface area (Å²) in [5.41, 5.74) is 2.78. The smallest absolute Gasteiger partial charge is 0.335 e. The largest absolute Gasteiger partial charge is 0.504 e. The summed E-state index contributed by atoms with van der Waals surface area (Å²) in [5, 5.41) is 22.1. The van der Waals surface area contributed by atoms with E-state index in [0.717, 1.165) is 24.0 Å². The molecule has 150 valence electrons. The summed E-state index contributed by atoms with van der Waals surface area (Å²) >= 11 is 0. The maximum atomic E-state index is 11.8. The number of fused-ring (bicyclic) bond motifs is 1. The lowest BCUT2D eigenvalue weighted by atomic mass is 9.92. The van der Waals surface area contributed by atoms with Gasteiger partial charge < -0.3 is 14.9 Å². The van der Waals surface area contributed by atoms with E-state index in [4.69, 9.17) is 4.74 Å². The van der Waals surface area contributed by atoms with Gasteiger partial charge in [0.1, 0.15) is 0 Å². The van der Waals surface area contributed by atoms with Crippen LogP contribution in [0.1, 0.15) is 43.4 Å². The zero-order valence-electron chi connectivity index (χ0n) is 16.8. The number of hydrogen-bond donors (Lipinski definition) is 2. The third-order valence-electron chi connectivity index (χ3n) is 4.99. The van der Waals surface area contributed by atoms with Gasteiger partial charge in [0.05, 0.1) is 12.2 Å². The van der Waals surface area contributed by atoms with Crippen molar-refractivity contribution in [2.75, 3.05) is 6.61 Å². The molecular formula is C25H26O4. The molecule has 4 heteroatoms. The molecule has 0 aliphatic carbocycles. The van der Waals surface area contributed by atoms with Gasteiger partial charge in [0.15, 0.2) is 11.5 Å². The van der Waals surface area contributed by atoms with E-state index in [1.54, 1.807) is 19.1 Å². The molecule has 0 saturated heterocycles. The summed E-state index contributed by atoms with van der Waals surface area (Å²) in [7, 11) is 0. The Bertz CT molecular complexity index is 1040. The average molecular weight is 390 g/mol. The molecule has 0 unspecified atom stereocenters. The first kappa shape index (κ1) is 20.5. The van der Waals surface area contributed by atoms with Crippen molar-refractivity contribution in [1.82, 2.24) is 0 Å². The monoisotopic (exact) mass is 390 g/mol. The standard InChI is InChI=1S/C25H26O4/c1-3-5-14-29-22-16-21(19(4-2)25(27)28)20-13-9-12-18(23(20)24(22)26)15-17-10-7-6-8-11-17/h4,6-13,16,26H,3,5,14-15H2,1-2H3,(H,27,28)/b19-4-. The topological polar surface area (TPSA) is 66.8 Å². The normalized spacial score (nSPS) is 11.6. The zero-order chi connectivity index (χ0) is 20.8. The van der Waals surface area contributed by atoms with E-state index in [0.29, 0.717) is 35.1 Å². The van der Waals surface area contributed by atoms with Gasteiger partial charge in [0.2, 0.25) is 0 Å². The fourth-order valence-electron chi connectivity index (χ4n) is 3.52. The molecule has 0 saturated carbocycles. The number of hydrogen-bond acceptors (Lipinski definition) is 3. The van der Waals surface area contributed by atoms with Crippen LogP contribution in [-0.4, -0.2) is 22.8 Å². The van der Waals surface area contributed by atoms with E-state index >= 15 is 0 Å². The summed E-state index contributed by atoms with van der Waals surface area (Å²) in [4.78, 5) is 11.8. The first-order chi connectivity index (χ1) is 14.1. The summed E-state index contributed by atoms with van der Waals surface area (Å²) in [6.45, 7) is 4.23. The van der Waals surface area contributed by atoms with Crippen LogP contribution in [-0.2, 0) is 11.2 Å². The molecule has 0 heterocycles. The number of allylic oxidation sites excluding steroid dienone is 1. The number of aliphatic carboxylic acids is 1. The Hall–Kier alpha value is -3.27. The van der Waals surface area contributed by atoms with Gasteiger partial charge in [0, 0.05) is 10.9 Å².